The fourth-order valence-electron chi connectivity index (χ4n) is 6.16. The molecular formula is C34H28O2. The van der Waals surface area contributed by atoms with Crippen LogP contribution in [0.25, 0.3) is 0 Å². The normalized spacial score (nSPS) is 14.9. The van der Waals surface area contributed by atoms with Crippen molar-refractivity contribution in [2.45, 2.75) is 11.0 Å². The van der Waals surface area contributed by atoms with Gasteiger partial charge in [-0.05, 0) is 51.1 Å². The Balaban J connectivity index is 1.79. The summed E-state index contributed by atoms with van der Waals surface area (Å²) >= 11 is 0. The van der Waals surface area contributed by atoms with Crippen LogP contribution in [0.4, 0.5) is 0 Å². The van der Waals surface area contributed by atoms with Gasteiger partial charge in [0.15, 0.2) is 0 Å². The molecule has 0 radical (unpaired) electrons. The number of benzene rings is 5. The Morgan fingerprint density at radius 1 is 0.417 bits per heavy atom. The first-order valence-corrected chi connectivity index (χ1v) is 12.3. The molecule has 0 bridgehead atoms. The van der Waals surface area contributed by atoms with Crippen molar-refractivity contribution >= 4 is 0 Å². The average Bonchev–Trinajstić information content (AvgIpc) is 2.97. The summed E-state index contributed by atoms with van der Waals surface area (Å²) in [4.78, 5) is 0. The maximum atomic E-state index is 6.62. The van der Waals surface area contributed by atoms with Crippen molar-refractivity contribution in [2.75, 3.05) is 14.2 Å². The molecule has 0 atom stereocenters. The smallest absolute Gasteiger partial charge is 0.143 e. The van der Waals surface area contributed by atoms with Gasteiger partial charge < -0.3 is 9.47 Å². The highest BCUT2D eigenvalue weighted by atomic mass is 16.5. The molecule has 1 aliphatic carbocycles. The molecule has 6 rings (SSSR count). The Morgan fingerprint density at radius 2 is 0.833 bits per heavy atom. The lowest BCUT2D eigenvalue weighted by atomic mass is 9.55. The molecule has 5 aromatic carbocycles. The third-order valence-corrected chi connectivity index (χ3v) is 7.64. The zero-order chi connectivity index (χ0) is 24.6. The maximum absolute atomic E-state index is 6.62. The molecule has 0 amide bonds. The van der Waals surface area contributed by atoms with Gasteiger partial charge in [0, 0.05) is 7.11 Å². The first-order valence-electron chi connectivity index (χ1n) is 12.3. The van der Waals surface area contributed by atoms with Crippen molar-refractivity contribution in [1.29, 1.82) is 0 Å². The molecule has 0 aromatic heterocycles. The molecule has 0 aliphatic heterocycles. The fourth-order valence-corrected chi connectivity index (χ4v) is 6.16. The molecule has 2 nitrogen and oxygen atoms in total. The monoisotopic (exact) mass is 468 g/mol. The van der Waals surface area contributed by atoms with Crippen molar-refractivity contribution < 1.29 is 9.47 Å². The minimum Gasteiger partial charge on any atom is -0.497 e. The van der Waals surface area contributed by atoms with E-state index in [1.807, 2.05) is 19.2 Å². The summed E-state index contributed by atoms with van der Waals surface area (Å²) < 4.78 is 12.1. The van der Waals surface area contributed by atoms with Gasteiger partial charge in [-0.15, -0.1) is 0 Å². The van der Waals surface area contributed by atoms with E-state index in [9.17, 15) is 0 Å². The molecule has 0 unspecified atom stereocenters. The number of ether oxygens (including phenoxy) is 2. The van der Waals surface area contributed by atoms with Crippen molar-refractivity contribution in [3.63, 3.8) is 0 Å². The van der Waals surface area contributed by atoms with Crippen LogP contribution in [0.5, 0.6) is 5.75 Å². The lowest BCUT2D eigenvalue weighted by molar-refractivity contribution is 0.0533. The Morgan fingerprint density at radius 3 is 1.25 bits per heavy atom. The summed E-state index contributed by atoms with van der Waals surface area (Å²) in [5.74, 6) is 0.824. The minimum absolute atomic E-state index is 0.496. The molecule has 0 N–H and O–H groups in total. The molecule has 0 fully saturated rings. The Hall–Kier alpha value is -4.14. The van der Waals surface area contributed by atoms with E-state index < -0.39 is 11.0 Å². The van der Waals surface area contributed by atoms with Crippen molar-refractivity contribution in [2.24, 2.45) is 0 Å². The highest BCUT2D eigenvalue weighted by molar-refractivity contribution is 5.71. The van der Waals surface area contributed by atoms with Gasteiger partial charge in [0.2, 0.25) is 0 Å². The van der Waals surface area contributed by atoms with E-state index in [0.717, 1.165) is 22.4 Å². The van der Waals surface area contributed by atoms with Gasteiger partial charge >= 0.3 is 0 Å². The van der Waals surface area contributed by atoms with E-state index >= 15 is 0 Å². The molecule has 1 aliphatic rings. The van der Waals surface area contributed by atoms with Gasteiger partial charge in [-0.3, -0.25) is 0 Å². The van der Waals surface area contributed by atoms with E-state index in [0.29, 0.717) is 0 Å². The van der Waals surface area contributed by atoms with E-state index in [-0.39, 0.29) is 0 Å². The van der Waals surface area contributed by atoms with Crippen LogP contribution < -0.4 is 4.74 Å². The van der Waals surface area contributed by atoms with Gasteiger partial charge in [0.05, 0.1) is 12.5 Å². The highest BCUT2D eigenvalue weighted by Crippen LogP contribution is 2.58. The summed E-state index contributed by atoms with van der Waals surface area (Å²) in [7, 11) is 3.51. The quantitative estimate of drug-likeness (QED) is 0.269. The molecule has 0 spiro atoms. The van der Waals surface area contributed by atoms with E-state index in [4.69, 9.17) is 9.47 Å². The number of fused-ring (bicyclic) bond motifs is 2. The summed E-state index contributed by atoms with van der Waals surface area (Å²) in [5, 5.41) is 0. The van der Waals surface area contributed by atoms with Gasteiger partial charge in [-0.25, -0.2) is 0 Å². The summed E-state index contributed by atoms with van der Waals surface area (Å²) in [6.07, 6.45) is 0. The number of hydrogen-bond acceptors (Lipinski definition) is 2. The fraction of sp³-hybridized carbons (Fsp3) is 0.118. The Bertz CT molecular complexity index is 1400. The van der Waals surface area contributed by atoms with Crippen LogP contribution in [0.2, 0.25) is 0 Å². The maximum Gasteiger partial charge on any atom is 0.143 e. The largest absolute Gasteiger partial charge is 0.497 e. The number of methoxy groups -OCH3 is 2. The van der Waals surface area contributed by atoms with E-state index in [1.54, 1.807) is 7.11 Å². The predicted octanol–water partition coefficient (Wildman–Crippen LogP) is 7.33. The molecule has 2 heteroatoms. The molecule has 0 heterocycles. The van der Waals surface area contributed by atoms with E-state index in [1.165, 1.54) is 22.3 Å². The zero-order valence-electron chi connectivity index (χ0n) is 20.5. The second-order valence-corrected chi connectivity index (χ2v) is 9.19. The highest BCUT2D eigenvalue weighted by Gasteiger charge is 2.53. The Kier molecular flexibility index (Phi) is 5.47. The molecular weight excluding hydrogens is 440 g/mol. The van der Waals surface area contributed by atoms with Crippen LogP contribution in [0, 0.1) is 0 Å². The van der Waals surface area contributed by atoms with Crippen LogP contribution in [0.1, 0.15) is 38.9 Å². The summed E-state index contributed by atoms with van der Waals surface area (Å²) in [6.45, 7) is 0. The van der Waals surface area contributed by atoms with Crippen LogP contribution in [-0.4, -0.2) is 14.2 Å². The van der Waals surface area contributed by atoms with Crippen molar-refractivity contribution in [3.05, 3.63) is 172 Å². The van der Waals surface area contributed by atoms with Crippen LogP contribution in [0.3, 0.4) is 0 Å². The van der Waals surface area contributed by atoms with E-state index in [2.05, 4.69) is 121 Å². The van der Waals surface area contributed by atoms with Crippen molar-refractivity contribution in [1.82, 2.24) is 0 Å². The SMILES string of the molecule is COc1ccc(C2(OC)c3ccccc3C(c3ccccc3)(c3ccccc3)c3ccccc32)cc1. The third kappa shape index (κ3) is 3.01. The number of hydrogen-bond donors (Lipinski definition) is 0. The minimum atomic E-state index is -0.771. The van der Waals surface area contributed by atoms with Gasteiger partial charge in [0.25, 0.3) is 0 Å². The molecule has 0 saturated heterocycles. The first kappa shape index (κ1) is 22.3. The van der Waals surface area contributed by atoms with Gasteiger partial charge in [0.1, 0.15) is 11.4 Å². The predicted molar refractivity (Wildman–Crippen MR) is 145 cm³/mol. The topological polar surface area (TPSA) is 18.5 Å². The molecule has 5 aromatic rings. The third-order valence-electron chi connectivity index (χ3n) is 7.64. The zero-order valence-corrected chi connectivity index (χ0v) is 20.5. The second-order valence-electron chi connectivity index (χ2n) is 9.19. The van der Waals surface area contributed by atoms with Crippen LogP contribution in [-0.2, 0) is 15.8 Å². The van der Waals surface area contributed by atoms with Crippen LogP contribution in [0.15, 0.2) is 133 Å². The standard InChI is InChI=1S/C34H28O2/c1-35-28-23-21-27(22-24-28)34(36-2)31-19-11-9-17-29(31)33(25-13-5-3-6-14-25,26-15-7-4-8-16-26)30-18-10-12-20-32(30)34/h3-24H,1-2H3. The van der Waals surface area contributed by atoms with Gasteiger partial charge in [-0.2, -0.15) is 0 Å². The molecule has 0 saturated carbocycles. The first-order chi connectivity index (χ1) is 17.8. The lowest BCUT2D eigenvalue weighted by Crippen LogP contribution is -2.45. The Labute approximate surface area is 212 Å². The second kappa shape index (κ2) is 8.82. The van der Waals surface area contributed by atoms with Crippen LogP contribution >= 0.6 is 0 Å². The lowest BCUT2D eigenvalue weighted by Gasteiger charge is -2.49. The average molecular weight is 469 g/mol. The van der Waals surface area contributed by atoms with Crippen molar-refractivity contribution in [3.8, 4) is 5.75 Å². The summed E-state index contributed by atoms with van der Waals surface area (Å²) in [6, 6.07) is 47.4. The van der Waals surface area contributed by atoms with Gasteiger partial charge in [-0.1, -0.05) is 121 Å². The summed E-state index contributed by atoms with van der Waals surface area (Å²) in [5.41, 5.74) is 6.99. The molecule has 36 heavy (non-hydrogen) atoms. The number of rotatable bonds is 5. The molecule has 176 valence electrons.